The molecule has 0 spiro atoms. The van der Waals surface area contributed by atoms with Gasteiger partial charge in [-0.15, -0.1) is 0 Å². The monoisotopic (exact) mass is 384 g/mol. The number of nitrogens with one attached hydrogen (secondary N) is 1. The highest BCUT2D eigenvalue weighted by Gasteiger charge is 2.23. The molecule has 0 aromatic heterocycles. The summed E-state index contributed by atoms with van der Waals surface area (Å²) in [5.41, 5.74) is 1.77. The zero-order valence-electron chi connectivity index (χ0n) is 16.5. The summed E-state index contributed by atoms with van der Waals surface area (Å²) in [6, 6.07) is 15.3. The van der Waals surface area contributed by atoms with Crippen LogP contribution in [0.15, 0.2) is 48.5 Å². The van der Waals surface area contributed by atoms with Crippen LogP contribution in [0.4, 0.5) is 0 Å². The lowest BCUT2D eigenvalue weighted by Gasteiger charge is -2.35. The second-order valence-corrected chi connectivity index (χ2v) is 6.60. The molecule has 0 aliphatic carbocycles. The van der Waals surface area contributed by atoms with Crippen molar-refractivity contribution < 1.29 is 19.0 Å². The minimum atomic E-state index is -0.0881. The van der Waals surface area contributed by atoms with Gasteiger partial charge >= 0.3 is 0 Å². The largest absolute Gasteiger partial charge is 0.497 e. The van der Waals surface area contributed by atoms with Crippen LogP contribution in [0.25, 0.3) is 0 Å². The highest BCUT2D eigenvalue weighted by Crippen LogP contribution is 2.24. The second-order valence-electron chi connectivity index (χ2n) is 6.60. The number of ether oxygens (including phenoxy) is 3. The first-order valence-electron chi connectivity index (χ1n) is 9.68. The predicted molar refractivity (Wildman–Crippen MR) is 108 cm³/mol. The van der Waals surface area contributed by atoms with Crippen molar-refractivity contribution in [3.05, 3.63) is 59.7 Å². The molecule has 150 valence electrons. The third kappa shape index (κ3) is 5.24. The Morgan fingerprint density at radius 1 is 1.07 bits per heavy atom. The summed E-state index contributed by atoms with van der Waals surface area (Å²) in [5.74, 6) is 1.50. The van der Waals surface area contributed by atoms with Gasteiger partial charge in [-0.25, -0.2) is 0 Å². The molecule has 2 aromatic rings. The number of hydrogen-bond donors (Lipinski definition) is 1. The average Bonchev–Trinajstić information content (AvgIpc) is 2.76. The lowest BCUT2D eigenvalue weighted by atomic mass is 10.0. The summed E-state index contributed by atoms with van der Waals surface area (Å²) in [6.07, 6.45) is 0. The summed E-state index contributed by atoms with van der Waals surface area (Å²) < 4.78 is 16.2. The zero-order chi connectivity index (χ0) is 19.8. The molecule has 0 saturated carbocycles. The van der Waals surface area contributed by atoms with E-state index in [4.69, 9.17) is 14.2 Å². The number of hydrogen-bond acceptors (Lipinski definition) is 5. The topological polar surface area (TPSA) is 60.0 Å². The molecule has 6 nitrogen and oxygen atoms in total. The maximum atomic E-state index is 12.6. The van der Waals surface area contributed by atoms with Gasteiger partial charge in [0.25, 0.3) is 5.91 Å². The number of nitrogens with zero attached hydrogens (tertiary/aromatic N) is 1. The molecule has 1 aliphatic heterocycles. The van der Waals surface area contributed by atoms with Crippen LogP contribution in [-0.2, 0) is 4.74 Å². The minimum absolute atomic E-state index is 0.0847. The van der Waals surface area contributed by atoms with E-state index >= 15 is 0 Å². The van der Waals surface area contributed by atoms with E-state index in [0.717, 1.165) is 30.2 Å². The quantitative estimate of drug-likeness (QED) is 0.758. The lowest BCUT2D eigenvalue weighted by molar-refractivity contribution is 0.0162. The number of amides is 1. The van der Waals surface area contributed by atoms with Crippen LogP contribution in [0.2, 0.25) is 0 Å². The van der Waals surface area contributed by atoms with E-state index < -0.39 is 0 Å². The van der Waals surface area contributed by atoms with Gasteiger partial charge in [0.15, 0.2) is 0 Å². The van der Waals surface area contributed by atoms with Crippen molar-refractivity contribution in [3.63, 3.8) is 0 Å². The van der Waals surface area contributed by atoms with E-state index in [2.05, 4.69) is 22.3 Å². The Bertz CT molecular complexity index is 740. The standard InChI is InChI=1S/C22H28N2O4/c1-3-28-20-10-6-18(7-11-20)22(25)23-16-21(24-12-14-27-15-13-24)17-4-8-19(26-2)9-5-17/h4-11,21H,3,12-16H2,1-2H3,(H,23,25)/t21-/m0/s1. The van der Waals surface area contributed by atoms with Crippen LogP contribution in [0.1, 0.15) is 28.9 Å². The van der Waals surface area contributed by atoms with Crippen molar-refractivity contribution in [1.29, 1.82) is 0 Å². The Kier molecular flexibility index (Phi) is 7.28. The first kappa shape index (κ1) is 20.2. The van der Waals surface area contributed by atoms with Crippen molar-refractivity contribution >= 4 is 5.91 Å². The predicted octanol–water partition coefficient (Wildman–Crippen LogP) is 2.90. The fraction of sp³-hybridized carbons (Fsp3) is 0.409. The fourth-order valence-electron chi connectivity index (χ4n) is 3.33. The lowest BCUT2D eigenvalue weighted by Crippen LogP contribution is -2.43. The van der Waals surface area contributed by atoms with Crippen LogP contribution in [0.5, 0.6) is 11.5 Å². The molecule has 0 radical (unpaired) electrons. The average molecular weight is 384 g/mol. The van der Waals surface area contributed by atoms with Gasteiger partial charge in [-0.05, 0) is 48.9 Å². The summed E-state index contributed by atoms with van der Waals surface area (Å²) in [5, 5.41) is 3.08. The van der Waals surface area contributed by atoms with Gasteiger partial charge < -0.3 is 19.5 Å². The van der Waals surface area contributed by atoms with E-state index in [1.54, 1.807) is 19.2 Å². The summed E-state index contributed by atoms with van der Waals surface area (Å²) in [4.78, 5) is 15.0. The molecule has 1 atom stereocenters. The van der Waals surface area contributed by atoms with Crippen molar-refractivity contribution in [2.75, 3.05) is 46.6 Å². The van der Waals surface area contributed by atoms with E-state index in [1.165, 1.54) is 0 Å². The molecule has 3 rings (SSSR count). The molecule has 6 heteroatoms. The fourth-order valence-corrected chi connectivity index (χ4v) is 3.33. The molecular weight excluding hydrogens is 356 g/mol. The molecule has 1 fully saturated rings. The number of rotatable bonds is 8. The Balaban J connectivity index is 1.68. The summed E-state index contributed by atoms with van der Waals surface area (Å²) >= 11 is 0. The van der Waals surface area contributed by atoms with Crippen molar-refractivity contribution in [3.8, 4) is 11.5 Å². The molecule has 0 unspecified atom stereocenters. The van der Waals surface area contributed by atoms with Crippen molar-refractivity contribution in [2.45, 2.75) is 13.0 Å². The maximum Gasteiger partial charge on any atom is 0.251 e. The minimum Gasteiger partial charge on any atom is -0.497 e. The third-order valence-electron chi connectivity index (χ3n) is 4.87. The van der Waals surface area contributed by atoms with Crippen LogP contribution >= 0.6 is 0 Å². The Morgan fingerprint density at radius 2 is 1.71 bits per heavy atom. The Labute approximate surface area is 166 Å². The van der Waals surface area contributed by atoms with Crippen molar-refractivity contribution in [2.24, 2.45) is 0 Å². The van der Waals surface area contributed by atoms with E-state index in [0.29, 0.717) is 31.9 Å². The summed E-state index contributed by atoms with van der Waals surface area (Å²) in [7, 11) is 1.66. The first-order chi connectivity index (χ1) is 13.7. The van der Waals surface area contributed by atoms with Gasteiger partial charge in [-0.2, -0.15) is 0 Å². The van der Waals surface area contributed by atoms with Crippen LogP contribution in [-0.4, -0.2) is 57.4 Å². The van der Waals surface area contributed by atoms with Gasteiger partial charge in [0, 0.05) is 25.2 Å². The number of carbonyl (C=O) groups is 1. The van der Waals surface area contributed by atoms with Gasteiger partial charge in [-0.3, -0.25) is 9.69 Å². The molecule has 1 saturated heterocycles. The van der Waals surface area contributed by atoms with Crippen LogP contribution < -0.4 is 14.8 Å². The van der Waals surface area contributed by atoms with Crippen LogP contribution in [0.3, 0.4) is 0 Å². The highest BCUT2D eigenvalue weighted by molar-refractivity contribution is 5.94. The number of carbonyl (C=O) groups excluding carboxylic acids is 1. The molecule has 1 heterocycles. The highest BCUT2D eigenvalue weighted by atomic mass is 16.5. The van der Waals surface area contributed by atoms with Gasteiger partial charge in [-0.1, -0.05) is 12.1 Å². The molecule has 28 heavy (non-hydrogen) atoms. The van der Waals surface area contributed by atoms with E-state index in [-0.39, 0.29) is 11.9 Å². The maximum absolute atomic E-state index is 12.6. The van der Waals surface area contributed by atoms with Gasteiger partial charge in [0.1, 0.15) is 11.5 Å². The smallest absolute Gasteiger partial charge is 0.251 e. The molecule has 2 aromatic carbocycles. The number of benzene rings is 2. The number of methoxy groups -OCH3 is 1. The number of morpholine rings is 1. The van der Waals surface area contributed by atoms with Gasteiger partial charge in [0.05, 0.1) is 33.0 Å². The van der Waals surface area contributed by atoms with Crippen molar-refractivity contribution in [1.82, 2.24) is 10.2 Å². The summed E-state index contributed by atoms with van der Waals surface area (Å²) in [6.45, 7) is 6.17. The van der Waals surface area contributed by atoms with Gasteiger partial charge in [0.2, 0.25) is 0 Å². The molecule has 1 aliphatic rings. The normalized spacial score (nSPS) is 15.6. The molecule has 0 bridgehead atoms. The molecule has 1 amide bonds. The molecule has 1 N–H and O–H groups in total. The third-order valence-corrected chi connectivity index (χ3v) is 4.87. The SMILES string of the molecule is CCOc1ccc(C(=O)NC[C@@H](c2ccc(OC)cc2)N2CCOCC2)cc1. The first-order valence-corrected chi connectivity index (χ1v) is 9.68. The van der Waals surface area contributed by atoms with E-state index in [9.17, 15) is 4.79 Å². The second kappa shape index (κ2) is 10.1. The zero-order valence-corrected chi connectivity index (χ0v) is 16.5. The Morgan fingerprint density at radius 3 is 2.32 bits per heavy atom. The van der Waals surface area contributed by atoms with Crippen LogP contribution in [0, 0.1) is 0 Å². The van der Waals surface area contributed by atoms with E-state index in [1.807, 2.05) is 31.2 Å². The Hall–Kier alpha value is -2.57. The molecular formula is C22H28N2O4.